The van der Waals surface area contributed by atoms with Crippen molar-refractivity contribution in [3.63, 3.8) is 0 Å². The van der Waals surface area contributed by atoms with Crippen molar-refractivity contribution in [2.45, 2.75) is 6.54 Å². The van der Waals surface area contributed by atoms with Crippen LogP contribution in [0.3, 0.4) is 0 Å². The first-order valence-corrected chi connectivity index (χ1v) is 8.00. The van der Waals surface area contributed by atoms with Crippen molar-refractivity contribution in [3.05, 3.63) is 69.1 Å². The van der Waals surface area contributed by atoms with E-state index in [9.17, 15) is 4.79 Å². The van der Waals surface area contributed by atoms with Crippen LogP contribution in [-0.4, -0.2) is 15.7 Å². The summed E-state index contributed by atoms with van der Waals surface area (Å²) in [5, 5.41) is 8.91. The SMILES string of the molecule is O=C(Nc1cnn(Cc2ccccc2)c1)c1csc(Br)c1. The van der Waals surface area contributed by atoms with E-state index in [1.807, 2.05) is 41.9 Å². The second kappa shape index (κ2) is 6.24. The fraction of sp³-hybridized carbons (Fsp3) is 0.0667. The third kappa shape index (κ3) is 3.59. The third-order valence-electron chi connectivity index (χ3n) is 2.91. The summed E-state index contributed by atoms with van der Waals surface area (Å²) in [4.78, 5) is 12.0. The van der Waals surface area contributed by atoms with E-state index in [4.69, 9.17) is 0 Å². The number of halogens is 1. The summed E-state index contributed by atoms with van der Waals surface area (Å²) in [6.07, 6.45) is 3.48. The number of amides is 1. The minimum absolute atomic E-state index is 0.129. The number of aromatic nitrogens is 2. The van der Waals surface area contributed by atoms with Crippen molar-refractivity contribution >= 4 is 38.9 Å². The van der Waals surface area contributed by atoms with E-state index in [0.717, 1.165) is 3.79 Å². The first kappa shape index (κ1) is 14.0. The Hall–Kier alpha value is -1.92. The van der Waals surface area contributed by atoms with Crippen LogP contribution < -0.4 is 5.32 Å². The van der Waals surface area contributed by atoms with Crippen LogP contribution in [-0.2, 0) is 6.54 Å². The molecular formula is C15H12BrN3OS. The molecule has 3 aromatic rings. The lowest BCUT2D eigenvalue weighted by atomic mass is 10.2. The van der Waals surface area contributed by atoms with E-state index in [0.29, 0.717) is 17.8 Å². The molecule has 1 aromatic carbocycles. The molecule has 0 aliphatic carbocycles. The average molecular weight is 362 g/mol. The molecular weight excluding hydrogens is 350 g/mol. The number of nitrogens with one attached hydrogen (secondary N) is 1. The molecule has 0 unspecified atom stereocenters. The smallest absolute Gasteiger partial charge is 0.256 e. The molecule has 0 atom stereocenters. The molecule has 0 saturated heterocycles. The summed E-state index contributed by atoms with van der Waals surface area (Å²) in [5.41, 5.74) is 2.50. The molecule has 1 N–H and O–H groups in total. The fourth-order valence-electron chi connectivity index (χ4n) is 1.92. The second-order valence-electron chi connectivity index (χ2n) is 4.51. The molecule has 21 heavy (non-hydrogen) atoms. The standard InChI is InChI=1S/C15H12BrN3OS/c16-14-6-12(10-21-14)15(20)18-13-7-17-19(9-13)8-11-4-2-1-3-5-11/h1-7,9-10H,8H2,(H,18,20). The Morgan fingerprint density at radius 1 is 1.33 bits per heavy atom. The van der Waals surface area contributed by atoms with Crippen LogP contribution in [0.2, 0.25) is 0 Å². The van der Waals surface area contributed by atoms with Gasteiger partial charge in [-0.2, -0.15) is 5.10 Å². The van der Waals surface area contributed by atoms with Crippen molar-refractivity contribution in [1.29, 1.82) is 0 Å². The Morgan fingerprint density at radius 3 is 2.86 bits per heavy atom. The molecule has 2 heterocycles. The van der Waals surface area contributed by atoms with E-state index in [1.165, 1.54) is 16.9 Å². The number of benzene rings is 1. The zero-order valence-corrected chi connectivity index (χ0v) is 13.4. The number of hydrogen-bond donors (Lipinski definition) is 1. The van der Waals surface area contributed by atoms with Gasteiger partial charge in [0.15, 0.2) is 0 Å². The number of anilines is 1. The zero-order chi connectivity index (χ0) is 14.7. The lowest BCUT2D eigenvalue weighted by Gasteiger charge is -2.01. The molecule has 0 radical (unpaired) electrons. The maximum Gasteiger partial charge on any atom is 0.256 e. The minimum Gasteiger partial charge on any atom is -0.319 e. The summed E-state index contributed by atoms with van der Waals surface area (Å²) >= 11 is 4.83. The highest BCUT2D eigenvalue weighted by Crippen LogP contribution is 2.21. The molecule has 1 amide bonds. The van der Waals surface area contributed by atoms with Crippen molar-refractivity contribution < 1.29 is 4.79 Å². The molecule has 3 rings (SSSR count). The van der Waals surface area contributed by atoms with E-state index >= 15 is 0 Å². The van der Waals surface area contributed by atoms with Gasteiger partial charge in [0.1, 0.15) is 0 Å². The average Bonchev–Trinajstić information content (AvgIpc) is 3.09. The summed E-state index contributed by atoms with van der Waals surface area (Å²) in [5.74, 6) is -0.129. The molecule has 6 heteroatoms. The van der Waals surface area contributed by atoms with Crippen LogP contribution in [0.1, 0.15) is 15.9 Å². The Kier molecular flexibility index (Phi) is 4.17. The first-order valence-electron chi connectivity index (χ1n) is 6.32. The predicted molar refractivity (Wildman–Crippen MR) is 87.7 cm³/mol. The van der Waals surface area contributed by atoms with Crippen LogP contribution in [0.25, 0.3) is 0 Å². The van der Waals surface area contributed by atoms with Gasteiger partial charge in [-0.05, 0) is 27.6 Å². The Bertz CT molecular complexity index is 751. The van der Waals surface area contributed by atoms with E-state index < -0.39 is 0 Å². The van der Waals surface area contributed by atoms with E-state index in [2.05, 4.69) is 26.3 Å². The van der Waals surface area contributed by atoms with Gasteiger partial charge in [-0.15, -0.1) is 11.3 Å². The van der Waals surface area contributed by atoms with Crippen LogP contribution in [0.5, 0.6) is 0 Å². The second-order valence-corrected chi connectivity index (χ2v) is 6.80. The Balaban J connectivity index is 1.66. The lowest BCUT2D eigenvalue weighted by molar-refractivity contribution is 0.102. The van der Waals surface area contributed by atoms with Gasteiger partial charge >= 0.3 is 0 Å². The fourth-order valence-corrected chi connectivity index (χ4v) is 3.05. The van der Waals surface area contributed by atoms with Crippen molar-refractivity contribution in [2.24, 2.45) is 0 Å². The molecule has 0 saturated carbocycles. The topological polar surface area (TPSA) is 46.9 Å². The highest BCUT2D eigenvalue weighted by Gasteiger charge is 2.09. The summed E-state index contributed by atoms with van der Waals surface area (Å²) in [7, 11) is 0. The molecule has 0 spiro atoms. The van der Waals surface area contributed by atoms with Gasteiger partial charge in [0, 0.05) is 11.6 Å². The quantitative estimate of drug-likeness (QED) is 0.762. The van der Waals surface area contributed by atoms with Gasteiger partial charge in [-0.25, -0.2) is 0 Å². The maximum atomic E-state index is 12.0. The van der Waals surface area contributed by atoms with E-state index in [-0.39, 0.29) is 5.91 Å². The molecule has 0 fully saturated rings. The summed E-state index contributed by atoms with van der Waals surface area (Å²) in [6.45, 7) is 0.681. The first-order chi connectivity index (χ1) is 10.2. The maximum absolute atomic E-state index is 12.0. The van der Waals surface area contributed by atoms with Crippen LogP contribution in [0, 0.1) is 0 Å². The van der Waals surface area contributed by atoms with Gasteiger partial charge in [0.2, 0.25) is 0 Å². The Morgan fingerprint density at radius 2 is 2.14 bits per heavy atom. The highest BCUT2D eigenvalue weighted by molar-refractivity contribution is 9.11. The highest BCUT2D eigenvalue weighted by atomic mass is 79.9. The van der Waals surface area contributed by atoms with Crippen molar-refractivity contribution in [2.75, 3.05) is 5.32 Å². The van der Waals surface area contributed by atoms with Crippen LogP contribution in [0.4, 0.5) is 5.69 Å². The monoisotopic (exact) mass is 361 g/mol. The summed E-state index contributed by atoms with van der Waals surface area (Å²) < 4.78 is 2.74. The molecule has 0 aliphatic heterocycles. The minimum atomic E-state index is -0.129. The van der Waals surface area contributed by atoms with Crippen molar-refractivity contribution in [3.8, 4) is 0 Å². The van der Waals surface area contributed by atoms with Gasteiger partial charge in [-0.1, -0.05) is 30.3 Å². The van der Waals surface area contributed by atoms with Gasteiger partial charge < -0.3 is 5.32 Å². The number of carbonyl (C=O) groups is 1. The normalized spacial score (nSPS) is 10.5. The van der Waals surface area contributed by atoms with Crippen LogP contribution >= 0.6 is 27.3 Å². The molecule has 4 nitrogen and oxygen atoms in total. The molecule has 106 valence electrons. The summed E-state index contributed by atoms with van der Waals surface area (Å²) in [6, 6.07) is 11.9. The number of rotatable bonds is 4. The van der Waals surface area contributed by atoms with E-state index in [1.54, 1.807) is 16.9 Å². The molecule has 0 aliphatic rings. The predicted octanol–water partition coefficient (Wildman–Crippen LogP) is 4.01. The number of nitrogens with zero attached hydrogens (tertiary/aromatic N) is 2. The van der Waals surface area contributed by atoms with Crippen molar-refractivity contribution in [1.82, 2.24) is 9.78 Å². The number of hydrogen-bond acceptors (Lipinski definition) is 3. The number of carbonyl (C=O) groups excluding carboxylic acids is 1. The molecule has 0 bridgehead atoms. The zero-order valence-electron chi connectivity index (χ0n) is 11.0. The van der Waals surface area contributed by atoms with Gasteiger partial charge in [0.05, 0.1) is 27.8 Å². The third-order valence-corrected chi connectivity index (χ3v) is 4.41. The van der Waals surface area contributed by atoms with Crippen LogP contribution in [0.15, 0.2) is 58.0 Å². The number of thiophene rings is 1. The van der Waals surface area contributed by atoms with Gasteiger partial charge in [-0.3, -0.25) is 9.48 Å². The lowest BCUT2D eigenvalue weighted by Crippen LogP contribution is -2.10. The largest absolute Gasteiger partial charge is 0.319 e. The molecule has 2 aromatic heterocycles. The van der Waals surface area contributed by atoms with Gasteiger partial charge in [0.25, 0.3) is 5.91 Å². The Labute approximate surface area is 134 Å².